The lowest BCUT2D eigenvalue weighted by Gasteiger charge is -2.45. The van der Waals surface area contributed by atoms with Gasteiger partial charge in [-0.2, -0.15) is 0 Å². The minimum Gasteiger partial charge on any atom is -0.374 e. The average Bonchev–Trinajstić information content (AvgIpc) is 3.14. The first-order chi connectivity index (χ1) is 23.2. The Bertz CT molecular complexity index is 1620. The van der Waals surface area contributed by atoms with Gasteiger partial charge in [-0.1, -0.05) is 140 Å². The van der Waals surface area contributed by atoms with Gasteiger partial charge < -0.3 is 23.7 Å². The van der Waals surface area contributed by atoms with E-state index in [1.54, 1.807) is 0 Å². The molecule has 47 heavy (non-hydrogen) atoms. The quantitative estimate of drug-likeness (QED) is 0.117. The second-order valence-electron chi connectivity index (χ2n) is 11.4. The fourth-order valence-corrected chi connectivity index (χ4v) is 7.02. The number of ether oxygens (including phenoxy) is 5. The topological polar surface area (TPSA) is 63.2 Å². The van der Waals surface area contributed by atoms with E-state index in [1.807, 2.05) is 152 Å². The normalized spacial score (nSPS) is 21.7. The molecule has 6 atom stereocenters. The standard InChI is InChI=1S/C40H40O6S/c41-47(35-24-14-5-15-25-35)40-39(45-29-34-22-12-4-13-23-34)38(44-28-33-20-10-3-11-21-33)37(43-27-32-18-8-2-9-19-32)36(46-40)30-42-26-31-16-6-1-7-17-31/h1-25,36-40H,26-30H2/t36-,37-,38+,39-,40+,47?/m1/s1. The molecule has 0 aromatic heterocycles. The van der Waals surface area contributed by atoms with Crippen LogP contribution in [0.3, 0.4) is 0 Å². The first-order valence-corrected chi connectivity index (χ1v) is 17.2. The zero-order valence-corrected chi connectivity index (χ0v) is 27.0. The van der Waals surface area contributed by atoms with E-state index in [9.17, 15) is 4.21 Å². The fraction of sp³-hybridized carbons (Fsp3) is 0.250. The van der Waals surface area contributed by atoms with Crippen molar-refractivity contribution in [1.29, 1.82) is 0 Å². The van der Waals surface area contributed by atoms with Crippen LogP contribution in [0.5, 0.6) is 0 Å². The van der Waals surface area contributed by atoms with E-state index >= 15 is 0 Å². The third kappa shape index (κ3) is 9.32. The van der Waals surface area contributed by atoms with Crippen LogP contribution in [0, 0.1) is 0 Å². The van der Waals surface area contributed by atoms with Crippen LogP contribution >= 0.6 is 0 Å². The highest BCUT2D eigenvalue weighted by Gasteiger charge is 2.50. The molecule has 1 aliphatic heterocycles. The summed E-state index contributed by atoms with van der Waals surface area (Å²) in [6.07, 6.45) is -2.51. The summed E-state index contributed by atoms with van der Waals surface area (Å²) in [6, 6.07) is 49.4. The van der Waals surface area contributed by atoms with Crippen molar-refractivity contribution < 1.29 is 27.9 Å². The molecule has 7 heteroatoms. The van der Waals surface area contributed by atoms with Gasteiger partial charge in [-0.3, -0.25) is 4.21 Å². The maximum absolute atomic E-state index is 14.3. The van der Waals surface area contributed by atoms with E-state index < -0.39 is 40.7 Å². The van der Waals surface area contributed by atoms with Crippen molar-refractivity contribution >= 4 is 10.8 Å². The van der Waals surface area contributed by atoms with E-state index in [4.69, 9.17) is 23.7 Å². The maximum atomic E-state index is 14.3. The Morgan fingerprint density at radius 1 is 0.468 bits per heavy atom. The maximum Gasteiger partial charge on any atom is 0.166 e. The second-order valence-corrected chi connectivity index (χ2v) is 13.0. The van der Waals surface area contributed by atoms with Crippen molar-refractivity contribution in [1.82, 2.24) is 0 Å². The summed E-state index contributed by atoms with van der Waals surface area (Å²) >= 11 is 0. The van der Waals surface area contributed by atoms with Crippen molar-refractivity contribution in [2.24, 2.45) is 0 Å². The van der Waals surface area contributed by atoms with Crippen LogP contribution in [0.25, 0.3) is 0 Å². The third-order valence-corrected chi connectivity index (χ3v) is 9.57. The molecule has 242 valence electrons. The summed E-state index contributed by atoms with van der Waals surface area (Å²) in [5.74, 6) is 0. The Morgan fingerprint density at radius 2 is 0.851 bits per heavy atom. The number of rotatable bonds is 15. The van der Waals surface area contributed by atoms with Gasteiger partial charge in [0, 0.05) is 4.90 Å². The first kappa shape index (κ1) is 33.0. The molecule has 0 radical (unpaired) electrons. The van der Waals surface area contributed by atoms with Gasteiger partial charge in [-0.15, -0.1) is 0 Å². The molecule has 1 aliphatic rings. The summed E-state index contributed by atoms with van der Waals surface area (Å²) in [5, 5.41) is 0. The van der Waals surface area contributed by atoms with Gasteiger partial charge in [0.1, 0.15) is 24.4 Å². The number of benzene rings is 5. The zero-order chi connectivity index (χ0) is 32.1. The van der Waals surface area contributed by atoms with Gasteiger partial charge in [-0.05, 0) is 34.4 Å². The van der Waals surface area contributed by atoms with Crippen LogP contribution in [0.2, 0.25) is 0 Å². The molecule has 1 saturated heterocycles. The van der Waals surface area contributed by atoms with Crippen molar-refractivity contribution in [3.8, 4) is 0 Å². The van der Waals surface area contributed by atoms with Gasteiger partial charge in [0.2, 0.25) is 0 Å². The van der Waals surface area contributed by atoms with E-state index in [0.29, 0.717) is 31.3 Å². The average molecular weight is 649 g/mol. The molecule has 0 amide bonds. The summed E-state index contributed by atoms with van der Waals surface area (Å²) in [7, 11) is -1.58. The van der Waals surface area contributed by atoms with Gasteiger partial charge >= 0.3 is 0 Å². The third-order valence-electron chi connectivity index (χ3n) is 8.03. The molecule has 6 nitrogen and oxygen atoms in total. The van der Waals surface area contributed by atoms with E-state index in [2.05, 4.69) is 0 Å². The first-order valence-electron chi connectivity index (χ1n) is 15.9. The summed E-state index contributed by atoms with van der Waals surface area (Å²) < 4.78 is 47.5. The van der Waals surface area contributed by atoms with Crippen molar-refractivity contribution in [3.05, 3.63) is 174 Å². The van der Waals surface area contributed by atoms with Crippen molar-refractivity contribution in [2.45, 2.75) is 61.2 Å². The molecule has 0 saturated carbocycles. The monoisotopic (exact) mass is 648 g/mol. The molecule has 0 spiro atoms. The fourth-order valence-electron chi connectivity index (χ4n) is 5.61. The summed E-state index contributed by atoms with van der Waals surface area (Å²) in [5.41, 5.74) is 3.24. The summed E-state index contributed by atoms with van der Waals surface area (Å²) in [6.45, 7) is 1.58. The molecule has 6 rings (SSSR count). The van der Waals surface area contributed by atoms with Crippen LogP contribution in [-0.4, -0.2) is 40.7 Å². The van der Waals surface area contributed by atoms with Crippen molar-refractivity contribution in [2.75, 3.05) is 6.61 Å². The lowest BCUT2D eigenvalue weighted by atomic mass is 9.98. The lowest BCUT2D eigenvalue weighted by Crippen LogP contribution is -2.62. The molecular formula is C40H40O6S. The van der Waals surface area contributed by atoms with Gasteiger partial charge in [-0.25, -0.2) is 0 Å². The molecule has 0 N–H and O–H groups in total. The van der Waals surface area contributed by atoms with Gasteiger partial charge in [0.05, 0.1) is 43.8 Å². The number of hydrogen-bond donors (Lipinski definition) is 0. The Morgan fingerprint density at radius 3 is 1.32 bits per heavy atom. The Hall–Kier alpha value is -3.95. The molecule has 5 aromatic carbocycles. The molecule has 0 bridgehead atoms. The molecule has 5 aromatic rings. The minimum atomic E-state index is -1.58. The summed E-state index contributed by atoms with van der Waals surface area (Å²) in [4.78, 5) is 0.653. The molecule has 1 unspecified atom stereocenters. The highest BCUT2D eigenvalue weighted by molar-refractivity contribution is 7.85. The highest BCUT2D eigenvalue weighted by atomic mass is 32.2. The zero-order valence-electron chi connectivity index (χ0n) is 26.2. The molecule has 1 fully saturated rings. The van der Waals surface area contributed by atoms with E-state index in [1.165, 1.54) is 0 Å². The highest BCUT2D eigenvalue weighted by Crippen LogP contribution is 2.34. The number of hydrogen-bond acceptors (Lipinski definition) is 6. The van der Waals surface area contributed by atoms with Crippen LogP contribution in [-0.2, 0) is 60.9 Å². The van der Waals surface area contributed by atoms with Gasteiger partial charge in [0.25, 0.3) is 0 Å². The van der Waals surface area contributed by atoms with E-state index in [-0.39, 0.29) is 6.61 Å². The second kappa shape index (κ2) is 17.3. The smallest absolute Gasteiger partial charge is 0.166 e. The van der Waals surface area contributed by atoms with Crippen LogP contribution in [0.4, 0.5) is 0 Å². The predicted molar refractivity (Wildman–Crippen MR) is 183 cm³/mol. The Balaban J connectivity index is 1.34. The van der Waals surface area contributed by atoms with Crippen LogP contribution in [0.1, 0.15) is 22.3 Å². The molecule has 1 heterocycles. The van der Waals surface area contributed by atoms with E-state index in [0.717, 1.165) is 22.3 Å². The van der Waals surface area contributed by atoms with Crippen molar-refractivity contribution in [3.63, 3.8) is 0 Å². The SMILES string of the molecule is O=S(c1ccccc1)[C@@H]1O[C@H](COCc2ccccc2)[C@@H](OCc2ccccc2)[C@H](OCc2ccccc2)[C@H]1OCc1ccccc1. The van der Waals surface area contributed by atoms with Gasteiger partial charge in [0.15, 0.2) is 5.44 Å². The lowest BCUT2D eigenvalue weighted by molar-refractivity contribution is -0.255. The minimum absolute atomic E-state index is 0.216. The molecular weight excluding hydrogens is 609 g/mol. The van der Waals surface area contributed by atoms with Crippen LogP contribution in [0.15, 0.2) is 157 Å². The van der Waals surface area contributed by atoms with Crippen LogP contribution < -0.4 is 0 Å². The molecule has 0 aliphatic carbocycles. The predicted octanol–water partition coefficient (Wildman–Crippen LogP) is 7.49. The Labute approximate surface area is 279 Å². The Kier molecular flexibility index (Phi) is 12.1. The largest absolute Gasteiger partial charge is 0.374 e.